The summed E-state index contributed by atoms with van der Waals surface area (Å²) >= 11 is 6.85. The van der Waals surface area contributed by atoms with Crippen molar-refractivity contribution in [3.63, 3.8) is 0 Å². The summed E-state index contributed by atoms with van der Waals surface area (Å²) in [7, 11) is 0. The lowest BCUT2D eigenvalue weighted by Gasteiger charge is -2.27. The predicted molar refractivity (Wildman–Crippen MR) is 218 cm³/mol. The first-order valence-electron chi connectivity index (χ1n) is 18.0. The lowest BCUT2D eigenvalue weighted by molar-refractivity contribution is -0.142. The number of amides is 2. The van der Waals surface area contributed by atoms with E-state index in [4.69, 9.17) is 17.0 Å². The van der Waals surface area contributed by atoms with Crippen molar-refractivity contribution in [3.8, 4) is 0 Å². The van der Waals surface area contributed by atoms with E-state index < -0.39 is 5.41 Å². The van der Waals surface area contributed by atoms with Crippen LogP contribution in [0, 0.1) is 5.92 Å². The van der Waals surface area contributed by atoms with Crippen molar-refractivity contribution in [1.29, 1.82) is 0 Å². The van der Waals surface area contributed by atoms with Gasteiger partial charge in [0, 0.05) is 57.8 Å². The van der Waals surface area contributed by atoms with E-state index in [1.54, 1.807) is 6.92 Å². The zero-order valence-corrected chi connectivity index (χ0v) is 32.8. The monoisotopic (exact) mass is 736 g/mol. The number of benzene rings is 3. The molecule has 2 amide bonds. The lowest BCUT2D eigenvalue weighted by Crippen LogP contribution is -2.36. The molecule has 1 saturated heterocycles. The maximum absolute atomic E-state index is 13.7. The Morgan fingerprint density at radius 2 is 1.67 bits per heavy atom. The topological polar surface area (TPSA) is 82.2 Å². The number of nitrogens with zero attached hydrogens (tertiary/aromatic N) is 3. The molecule has 0 atom stereocenters. The molecule has 0 radical (unpaired) electrons. The first-order chi connectivity index (χ1) is 24.7. The molecule has 0 saturated carbocycles. The fourth-order valence-electron chi connectivity index (χ4n) is 7.56. The first-order valence-corrected chi connectivity index (χ1v) is 19.2. The van der Waals surface area contributed by atoms with Crippen molar-refractivity contribution in [3.05, 3.63) is 101 Å². The smallest absolute Gasteiger partial charge is 0.307 e. The Bertz CT molecular complexity index is 2050. The van der Waals surface area contributed by atoms with Crippen molar-refractivity contribution in [2.45, 2.75) is 72.1 Å². The van der Waals surface area contributed by atoms with E-state index in [1.807, 2.05) is 36.4 Å². The summed E-state index contributed by atoms with van der Waals surface area (Å²) < 4.78 is 5.52. The summed E-state index contributed by atoms with van der Waals surface area (Å²) in [6.45, 7) is 20.8. The molecule has 10 heteroatoms. The minimum Gasteiger partial charge on any atom is -0.466 e. The number of ether oxygens (including phenoxy) is 1. The molecule has 8 nitrogen and oxygen atoms in total. The van der Waals surface area contributed by atoms with Crippen LogP contribution in [-0.4, -0.2) is 53.2 Å². The lowest BCUT2D eigenvalue weighted by atomic mass is 9.81. The molecular formula is C42H48N4O4S2. The quantitative estimate of drug-likeness (QED) is 0.119. The molecule has 272 valence electrons. The standard InChI is InChI=1S/C42H48N4O4S2/c1-9-50-37(48)22-24-44-27(4)41(5,6)38-29-13-12-15-31(28(29)17-18-33(38)44)43-36(47)25-46-39(49)34(52-40(46)51)19-20-35-42(7,8)30-14-10-11-16-32(30)45(35)23-21-26(2)3/h10-20,26H,4,9,21-25H2,1-3,5-8H3,(H,43,47). The average Bonchev–Trinajstić information content (AvgIpc) is 3.57. The molecular weight excluding hydrogens is 689 g/mol. The number of thioether (sulfide) groups is 1. The largest absolute Gasteiger partial charge is 0.466 e. The van der Waals surface area contributed by atoms with Gasteiger partial charge in [-0.15, -0.1) is 0 Å². The molecule has 3 aromatic carbocycles. The van der Waals surface area contributed by atoms with E-state index in [2.05, 4.69) is 93.6 Å². The number of para-hydroxylation sites is 1. The number of rotatable bonds is 11. The minimum absolute atomic E-state index is 0.193. The number of hydrogen-bond donors (Lipinski definition) is 1. The molecule has 0 spiro atoms. The fourth-order valence-corrected chi connectivity index (χ4v) is 8.76. The van der Waals surface area contributed by atoms with Crippen LogP contribution in [0.25, 0.3) is 10.8 Å². The molecule has 0 aromatic heterocycles. The van der Waals surface area contributed by atoms with Crippen LogP contribution in [-0.2, 0) is 30.0 Å². The molecule has 3 aliphatic rings. The van der Waals surface area contributed by atoms with Crippen LogP contribution in [0.2, 0.25) is 0 Å². The van der Waals surface area contributed by atoms with E-state index in [-0.39, 0.29) is 36.2 Å². The van der Waals surface area contributed by atoms with Gasteiger partial charge in [0.05, 0.1) is 17.9 Å². The van der Waals surface area contributed by atoms with Gasteiger partial charge in [0.25, 0.3) is 5.91 Å². The average molecular weight is 737 g/mol. The predicted octanol–water partition coefficient (Wildman–Crippen LogP) is 8.81. The molecule has 6 rings (SSSR count). The molecule has 3 heterocycles. The van der Waals surface area contributed by atoms with E-state index in [0.717, 1.165) is 46.4 Å². The highest BCUT2D eigenvalue weighted by Gasteiger charge is 2.42. The van der Waals surface area contributed by atoms with E-state index in [9.17, 15) is 14.4 Å². The Kier molecular flexibility index (Phi) is 10.4. The second-order valence-electron chi connectivity index (χ2n) is 15.0. The summed E-state index contributed by atoms with van der Waals surface area (Å²) in [5, 5.41) is 4.92. The molecule has 1 fully saturated rings. The van der Waals surface area contributed by atoms with Crippen LogP contribution >= 0.6 is 24.0 Å². The number of thiocarbonyl (C=S) groups is 1. The molecule has 3 aliphatic heterocycles. The highest BCUT2D eigenvalue weighted by atomic mass is 32.2. The second kappa shape index (κ2) is 14.5. The van der Waals surface area contributed by atoms with Gasteiger partial charge in [0.15, 0.2) is 0 Å². The zero-order chi connectivity index (χ0) is 37.5. The summed E-state index contributed by atoms with van der Waals surface area (Å²) in [6.07, 6.45) is 5.21. The van der Waals surface area contributed by atoms with Crippen molar-refractivity contribution in [1.82, 2.24) is 4.90 Å². The van der Waals surface area contributed by atoms with Gasteiger partial charge in [0.1, 0.15) is 10.9 Å². The number of allylic oxidation sites excluding steroid dienone is 4. The second-order valence-corrected chi connectivity index (χ2v) is 16.7. The third-order valence-electron chi connectivity index (χ3n) is 10.4. The van der Waals surface area contributed by atoms with Crippen molar-refractivity contribution < 1.29 is 19.1 Å². The fraction of sp³-hybridized carbons (Fsp3) is 0.381. The van der Waals surface area contributed by atoms with Gasteiger partial charge >= 0.3 is 5.97 Å². The van der Waals surface area contributed by atoms with E-state index in [0.29, 0.717) is 34.0 Å². The number of esters is 1. The maximum atomic E-state index is 13.7. The molecule has 0 bridgehead atoms. The third kappa shape index (κ3) is 6.78. The van der Waals surface area contributed by atoms with Crippen molar-refractivity contribution in [2.75, 3.05) is 41.4 Å². The first kappa shape index (κ1) is 37.4. The number of hydrogen-bond acceptors (Lipinski definition) is 8. The van der Waals surface area contributed by atoms with Gasteiger partial charge < -0.3 is 19.9 Å². The van der Waals surface area contributed by atoms with Gasteiger partial charge in [-0.25, -0.2) is 0 Å². The minimum atomic E-state index is -0.405. The van der Waals surface area contributed by atoms with Crippen LogP contribution in [0.4, 0.5) is 17.1 Å². The Balaban J connectivity index is 1.20. The number of carbonyl (C=O) groups excluding carboxylic acids is 3. The van der Waals surface area contributed by atoms with Crippen LogP contribution in [0.15, 0.2) is 89.6 Å². The van der Waals surface area contributed by atoms with E-state index >= 15 is 0 Å². The van der Waals surface area contributed by atoms with E-state index in [1.165, 1.54) is 27.9 Å². The van der Waals surface area contributed by atoms with Gasteiger partial charge in [-0.2, -0.15) is 0 Å². The Hall–Kier alpha value is -4.41. The molecule has 0 aliphatic carbocycles. The Morgan fingerprint density at radius 3 is 2.40 bits per heavy atom. The number of nitrogens with one attached hydrogen (secondary N) is 1. The van der Waals surface area contributed by atoms with Crippen molar-refractivity contribution >= 4 is 73.9 Å². The normalized spacial score (nSPS) is 19.0. The van der Waals surface area contributed by atoms with Crippen molar-refractivity contribution in [2.24, 2.45) is 5.92 Å². The number of fused-ring (bicyclic) bond motifs is 4. The molecule has 52 heavy (non-hydrogen) atoms. The van der Waals surface area contributed by atoms with Gasteiger partial charge in [0.2, 0.25) is 5.91 Å². The summed E-state index contributed by atoms with van der Waals surface area (Å²) in [5.74, 6) is -0.298. The Labute approximate surface area is 316 Å². The Morgan fingerprint density at radius 1 is 0.923 bits per heavy atom. The molecule has 1 N–H and O–H groups in total. The number of anilines is 3. The summed E-state index contributed by atoms with van der Waals surface area (Å²) in [6, 6.07) is 18.3. The van der Waals surface area contributed by atoms with Crippen LogP contribution in [0.3, 0.4) is 0 Å². The molecule has 0 unspecified atom stereocenters. The number of carbonyl (C=O) groups is 3. The SMILES string of the molecule is C=C1N(CCC(=O)OCC)c2ccc3c(NC(=O)CN4C(=O)C(=CC=C5N(CCC(C)C)c6ccccc6C5(C)C)SC4=S)cccc3c2C1(C)C. The van der Waals surface area contributed by atoms with Crippen LogP contribution < -0.4 is 15.1 Å². The summed E-state index contributed by atoms with van der Waals surface area (Å²) in [5.41, 5.74) is 6.58. The van der Waals surface area contributed by atoms with Gasteiger partial charge in [-0.3, -0.25) is 19.3 Å². The zero-order valence-electron chi connectivity index (χ0n) is 31.2. The van der Waals surface area contributed by atoms with Crippen LogP contribution in [0.5, 0.6) is 0 Å². The van der Waals surface area contributed by atoms with Gasteiger partial charge in [-0.05, 0) is 66.1 Å². The maximum Gasteiger partial charge on any atom is 0.307 e. The summed E-state index contributed by atoms with van der Waals surface area (Å²) in [4.78, 5) is 45.7. The van der Waals surface area contributed by atoms with Crippen LogP contribution in [0.1, 0.15) is 72.4 Å². The molecule has 3 aromatic rings. The highest BCUT2D eigenvalue weighted by molar-refractivity contribution is 8.26. The van der Waals surface area contributed by atoms with Gasteiger partial charge in [-0.1, -0.05) is 108 Å². The highest BCUT2D eigenvalue weighted by Crippen LogP contribution is 2.51. The third-order valence-corrected chi connectivity index (χ3v) is 11.8.